The number of aryl methyl sites for hydroxylation is 4. The quantitative estimate of drug-likeness (QED) is 0.329. The summed E-state index contributed by atoms with van der Waals surface area (Å²) in [6.07, 6.45) is 7.30. The highest BCUT2D eigenvalue weighted by atomic mass is 35.5. The van der Waals surface area contributed by atoms with E-state index in [1.54, 1.807) is 32.5 Å². The lowest BCUT2D eigenvalue weighted by atomic mass is 10.1. The fraction of sp³-hybridized carbons (Fsp3) is 0.286. The van der Waals surface area contributed by atoms with Crippen molar-refractivity contribution in [2.24, 2.45) is 28.2 Å². The van der Waals surface area contributed by atoms with Gasteiger partial charge in [0.15, 0.2) is 5.82 Å². The van der Waals surface area contributed by atoms with Crippen molar-refractivity contribution in [3.8, 4) is 28.3 Å². The van der Waals surface area contributed by atoms with Crippen LogP contribution >= 0.6 is 11.6 Å². The summed E-state index contributed by atoms with van der Waals surface area (Å²) in [5, 5.41) is 4.91. The number of rotatable bonds is 4. The second-order valence-corrected chi connectivity index (χ2v) is 10.6. The van der Waals surface area contributed by atoms with Crippen molar-refractivity contribution in [3.63, 3.8) is 0 Å². The highest BCUT2D eigenvalue weighted by Crippen LogP contribution is 2.38. The molecule has 0 saturated carbocycles. The zero-order chi connectivity index (χ0) is 27.7. The van der Waals surface area contributed by atoms with E-state index in [0.717, 1.165) is 69.2 Å². The molecule has 0 N–H and O–H groups in total. The van der Waals surface area contributed by atoms with Crippen LogP contribution in [0.2, 0.25) is 5.02 Å². The number of morpholine rings is 1. The Morgan fingerprint density at radius 3 is 2.45 bits per heavy atom. The van der Waals surface area contributed by atoms with E-state index in [0.29, 0.717) is 18.2 Å². The van der Waals surface area contributed by atoms with Gasteiger partial charge in [0.1, 0.15) is 5.69 Å². The first-order chi connectivity index (χ1) is 19.3. The highest BCUT2D eigenvalue weighted by molar-refractivity contribution is 6.34. The maximum Gasteiger partial charge on any atom is 0.328 e. The second-order valence-electron chi connectivity index (χ2n) is 10.2. The molecule has 12 heteroatoms. The van der Waals surface area contributed by atoms with Crippen LogP contribution in [0.25, 0.3) is 50.4 Å². The summed E-state index contributed by atoms with van der Waals surface area (Å²) in [5.41, 5.74) is 7.77. The van der Waals surface area contributed by atoms with Crippen molar-refractivity contribution in [2.45, 2.75) is 0 Å². The van der Waals surface area contributed by atoms with Crippen molar-refractivity contribution in [1.82, 2.24) is 38.0 Å². The van der Waals surface area contributed by atoms with E-state index in [1.807, 2.05) is 57.2 Å². The van der Waals surface area contributed by atoms with Crippen LogP contribution in [-0.2, 0) is 32.9 Å². The van der Waals surface area contributed by atoms with Crippen LogP contribution in [0.4, 0.5) is 5.69 Å². The van der Waals surface area contributed by atoms with Gasteiger partial charge in [0, 0.05) is 58.6 Å². The van der Waals surface area contributed by atoms with Crippen molar-refractivity contribution >= 4 is 39.4 Å². The van der Waals surface area contributed by atoms with E-state index in [2.05, 4.69) is 25.6 Å². The van der Waals surface area contributed by atoms with Gasteiger partial charge in [-0.15, -0.1) is 0 Å². The molecule has 204 valence electrons. The van der Waals surface area contributed by atoms with Crippen molar-refractivity contribution < 1.29 is 4.74 Å². The Labute approximate surface area is 234 Å². The van der Waals surface area contributed by atoms with E-state index in [4.69, 9.17) is 21.3 Å². The number of hydrogen-bond acceptors (Lipinski definition) is 6. The van der Waals surface area contributed by atoms with Crippen molar-refractivity contribution in [3.05, 3.63) is 64.7 Å². The predicted molar refractivity (Wildman–Crippen MR) is 155 cm³/mol. The molecule has 1 saturated heterocycles. The maximum atomic E-state index is 13.1. The number of aromatic nitrogens is 8. The first-order valence-electron chi connectivity index (χ1n) is 13.0. The Balaban J connectivity index is 1.55. The Morgan fingerprint density at radius 2 is 1.75 bits per heavy atom. The molecule has 1 aliphatic rings. The fourth-order valence-corrected chi connectivity index (χ4v) is 5.94. The van der Waals surface area contributed by atoms with Gasteiger partial charge in [-0.1, -0.05) is 11.6 Å². The number of hydrogen-bond donors (Lipinski definition) is 0. The number of ether oxygens (including phenoxy) is 1. The Kier molecular flexibility index (Phi) is 5.62. The molecule has 2 aromatic carbocycles. The molecule has 7 rings (SSSR count). The van der Waals surface area contributed by atoms with E-state index in [-0.39, 0.29) is 5.69 Å². The summed E-state index contributed by atoms with van der Waals surface area (Å²) in [4.78, 5) is 24.8. The minimum atomic E-state index is -0.0758. The van der Waals surface area contributed by atoms with E-state index < -0.39 is 0 Å². The van der Waals surface area contributed by atoms with Crippen LogP contribution in [0, 0.1) is 0 Å². The van der Waals surface area contributed by atoms with Gasteiger partial charge in [-0.05, 0) is 24.3 Å². The summed E-state index contributed by atoms with van der Waals surface area (Å²) in [7, 11) is 7.46. The number of nitrogens with zero attached hydrogens (tertiary/aromatic N) is 9. The Bertz CT molecular complexity index is 1980. The molecule has 0 aliphatic carbocycles. The predicted octanol–water partition coefficient (Wildman–Crippen LogP) is 3.51. The van der Waals surface area contributed by atoms with Crippen molar-refractivity contribution in [1.29, 1.82) is 0 Å². The number of benzene rings is 2. The second kappa shape index (κ2) is 9.10. The van der Waals surface area contributed by atoms with Gasteiger partial charge in [0.05, 0.1) is 70.4 Å². The highest BCUT2D eigenvalue weighted by Gasteiger charge is 2.24. The summed E-state index contributed by atoms with van der Waals surface area (Å²) >= 11 is 6.90. The third-order valence-corrected chi connectivity index (χ3v) is 8.05. The molecule has 11 nitrogen and oxygen atoms in total. The third kappa shape index (κ3) is 3.69. The molecule has 0 radical (unpaired) electrons. The molecule has 0 unspecified atom stereocenters. The average molecular weight is 558 g/mol. The summed E-state index contributed by atoms with van der Waals surface area (Å²) in [6.45, 7) is 2.74. The van der Waals surface area contributed by atoms with Crippen LogP contribution in [0.15, 0.2) is 54.0 Å². The molecule has 0 spiro atoms. The largest absolute Gasteiger partial charge is 0.378 e. The Morgan fingerprint density at radius 1 is 0.950 bits per heavy atom. The number of halogens is 1. The fourth-order valence-electron chi connectivity index (χ4n) is 5.67. The zero-order valence-electron chi connectivity index (χ0n) is 22.7. The standard InChI is InChI=1S/C28H28ClN9O2/c1-33-16-30-14-25(33)27-32-21-11-19(17-13-31-34(2)15-17)20(29)12-22(21)38(27)18-9-23-26(36(4)28(39)35(23)3)24(10-18)37-5-7-40-8-6-37/h9-16H,5-8H2,1-4H3. The smallest absolute Gasteiger partial charge is 0.328 e. The third-order valence-electron chi connectivity index (χ3n) is 7.74. The molecular formula is C28H28ClN9O2. The minimum absolute atomic E-state index is 0.0758. The maximum absolute atomic E-state index is 13.1. The Hall–Kier alpha value is -4.35. The number of imidazole rings is 3. The topological polar surface area (TPSA) is 92.9 Å². The van der Waals surface area contributed by atoms with Gasteiger partial charge in [-0.2, -0.15) is 5.10 Å². The van der Waals surface area contributed by atoms with E-state index >= 15 is 0 Å². The van der Waals surface area contributed by atoms with Gasteiger partial charge in [-0.25, -0.2) is 14.8 Å². The molecule has 0 amide bonds. The normalized spacial score (nSPS) is 14.2. The van der Waals surface area contributed by atoms with Crippen LogP contribution in [0.3, 0.4) is 0 Å². The van der Waals surface area contributed by atoms with Crippen LogP contribution in [0.1, 0.15) is 0 Å². The molecule has 6 aromatic rings. The van der Waals surface area contributed by atoms with Gasteiger partial charge >= 0.3 is 5.69 Å². The lowest BCUT2D eigenvalue weighted by Gasteiger charge is -2.30. The first-order valence-corrected chi connectivity index (χ1v) is 13.4. The average Bonchev–Trinajstić information content (AvgIpc) is 3.72. The van der Waals surface area contributed by atoms with Crippen LogP contribution in [-0.4, -0.2) is 64.3 Å². The number of anilines is 1. The minimum Gasteiger partial charge on any atom is -0.378 e. The van der Waals surface area contributed by atoms with Crippen LogP contribution < -0.4 is 10.6 Å². The lowest BCUT2D eigenvalue weighted by molar-refractivity contribution is 0.123. The molecule has 1 aliphatic heterocycles. The van der Waals surface area contributed by atoms with Gasteiger partial charge in [0.2, 0.25) is 0 Å². The van der Waals surface area contributed by atoms with E-state index in [1.165, 1.54) is 0 Å². The summed E-state index contributed by atoms with van der Waals surface area (Å²) in [5.74, 6) is 0.725. The zero-order valence-corrected chi connectivity index (χ0v) is 23.4. The summed E-state index contributed by atoms with van der Waals surface area (Å²) in [6, 6.07) is 8.14. The number of fused-ring (bicyclic) bond motifs is 2. The van der Waals surface area contributed by atoms with Crippen LogP contribution in [0.5, 0.6) is 0 Å². The van der Waals surface area contributed by atoms with Crippen molar-refractivity contribution in [2.75, 3.05) is 31.2 Å². The lowest BCUT2D eigenvalue weighted by Crippen LogP contribution is -2.36. The molecule has 40 heavy (non-hydrogen) atoms. The van der Waals surface area contributed by atoms with E-state index in [9.17, 15) is 4.79 Å². The SMILES string of the molecule is Cn1cc(-c2cc3nc(-c4cncn4C)n(-c4cc(N5CCOCC5)c5c(c4)n(C)c(=O)n5C)c3cc2Cl)cn1. The molecule has 0 bridgehead atoms. The molecule has 0 atom stereocenters. The first kappa shape index (κ1) is 24.7. The molecule has 5 heterocycles. The molecule has 4 aromatic heterocycles. The molecule has 1 fully saturated rings. The molecular weight excluding hydrogens is 530 g/mol. The van der Waals surface area contributed by atoms with Gasteiger partial charge in [-0.3, -0.25) is 18.4 Å². The van der Waals surface area contributed by atoms with Gasteiger partial charge < -0.3 is 14.2 Å². The van der Waals surface area contributed by atoms with Gasteiger partial charge in [0.25, 0.3) is 0 Å². The monoisotopic (exact) mass is 557 g/mol. The summed E-state index contributed by atoms with van der Waals surface area (Å²) < 4.78 is 14.8.